The lowest BCUT2D eigenvalue weighted by atomic mass is 9.80. The van der Waals surface area contributed by atoms with Crippen LogP contribution in [0.15, 0.2) is 6.07 Å². The average Bonchev–Trinajstić information content (AvgIpc) is 1.99. The maximum atomic E-state index is 5.80. The van der Waals surface area contributed by atoms with Gasteiger partial charge < -0.3 is 5.73 Å². The Balaban J connectivity index is 3.48. The van der Waals surface area contributed by atoms with Gasteiger partial charge in [-0.2, -0.15) is 0 Å². The highest BCUT2D eigenvalue weighted by Gasteiger charge is 2.22. The molecule has 0 atom stereocenters. The Kier molecular flexibility index (Phi) is 3.08. The van der Waals surface area contributed by atoms with E-state index < -0.39 is 0 Å². The number of nitrogens with zero attached hydrogens (tertiary/aromatic N) is 1. The number of aromatic nitrogens is 1. The molecule has 0 aliphatic heterocycles. The lowest BCUT2D eigenvalue weighted by molar-refractivity contribution is 0.569. The van der Waals surface area contributed by atoms with Crippen molar-refractivity contribution in [3.05, 3.63) is 22.9 Å². The fourth-order valence-electron chi connectivity index (χ4n) is 2.15. The third kappa shape index (κ3) is 2.49. The van der Waals surface area contributed by atoms with Crippen molar-refractivity contribution in [1.29, 1.82) is 0 Å². The summed E-state index contributed by atoms with van der Waals surface area (Å²) in [6.07, 6.45) is 0. The largest absolute Gasteiger partial charge is 0.384 e. The molecule has 0 unspecified atom stereocenters. The molecule has 2 heteroatoms. The van der Waals surface area contributed by atoms with E-state index in [0.29, 0.717) is 11.7 Å². The fraction of sp³-hybridized carbons (Fsp3) is 0.615. The Morgan fingerprint density at radius 3 is 2.20 bits per heavy atom. The first kappa shape index (κ1) is 12.0. The van der Waals surface area contributed by atoms with Crippen molar-refractivity contribution < 1.29 is 0 Å². The molecular formula is C13H22N2. The van der Waals surface area contributed by atoms with Gasteiger partial charge in [-0.3, -0.25) is 0 Å². The van der Waals surface area contributed by atoms with Gasteiger partial charge in [0.2, 0.25) is 0 Å². The summed E-state index contributed by atoms with van der Waals surface area (Å²) in [7, 11) is 0. The van der Waals surface area contributed by atoms with Crippen molar-refractivity contribution in [3.63, 3.8) is 0 Å². The molecular weight excluding hydrogens is 184 g/mol. The third-order valence-corrected chi connectivity index (χ3v) is 2.62. The molecule has 0 radical (unpaired) electrons. The highest BCUT2D eigenvalue weighted by atomic mass is 14.8. The molecule has 1 rings (SSSR count). The van der Waals surface area contributed by atoms with Crippen molar-refractivity contribution in [2.45, 2.75) is 52.9 Å². The number of nitrogens with two attached hydrogens (primary N) is 1. The molecule has 0 fully saturated rings. The first-order chi connectivity index (χ1) is 6.73. The van der Waals surface area contributed by atoms with Gasteiger partial charge in [-0.25, -0.2) is 4.98 Å². The van der Waals surface area contributed by atoms with Crippen molar-refractivity contribution >= 4 is 5.82 Å². The van der Waals surface area contributed by atoms with Crippen LogP contribution >= 0.6 is 0 Å². The fourth-order valence-corrected chi connectivity index (χ4v) is 2.15. The van der Waals surface area contributed by atoms with Crippen molar-refractivity contribution in [2.75, 3.05) is 5.73 Å². The van der Waals surface area contributed by atoms with Crippen LogP contribution in [0.5, 0.6) is 0 Å². The van der Waals surface area contributed by atoms with E-state index in [-0.39, 0.29) is 5.41 Å². The normalized spacial score (nSPS) is 12.2. The van der Waals surface area contributed by atoms with E-state index in [1.807, 2.05) is 13.0 Å². The van der Waals surface area contributed by atoms with Crippen molar-refractivity contribution in [2.24, 2.45) is 0 Å². The van der Waals surface area contributed by atoms with Gasteiger partial charge in [-0.05, 0) is 35.4 Å². The molecule has 1 aromatic heterocycles. The van der Waals surface area contributed by atoms with E-state index in [1.165, 1.54) is 11.1 Å². The zero-order chi connectivity index (χ0) is 11.8. The molecule has 1 aromatic rings. The number of hydrogen-bond donors (Lipinski definition) is 1. The first-order valence-electron chi connectivity index (χ1n) is 5.51. The van der Waals surface area contributed by atoms with E-state index in [9.17, 15) is 0 Å². The molecule has 2 nitrogen and oxygen atoms in total. The number of hydrogen-bond acceptors (Lipinski definition) is 2. The molecule has 0 aromatic carbocycles. The summed E-state index contributed by atoms with van der Waals surface area (Å²) in [6, 6.07) is 2.01. The maximum Gasteiger partial charge on any atom is 0.123 e. The smallest absolute Gasteiger partial charge is 0.123 e. The van der Waals surface area contributed by atoms with Gasteiger partial charge in [0.15, 0.2) is 0 Å². The zero-order valence-electron chi connectivity index (χ0n) is 10.7. The van der Waals surface area contributed by atoms with Crippen LogP contribution in [0.25, 0.3) is 0 Å². The molecule has 0 saturated carbocycles. The summed E-state index contributed by atoms with van der Waals surface area (Å²) < 4.78 is 0. The van der Waals surface area contributed by atoms with E-state index in [2.05, 4.69) is 39.6 Å². The van der Waals surface area contributed by atoms with Crippen LogP contribution in [-0.4, -0.2) is 4.98 Å². The summed E-state index contributed by atoms with van der Waals surface area (Å²) >= 11 is 0. The quantitative estimate of drug-likeness (QED) is 0.765. The molecule has 0 aliphatic carbocycles. The summed E-state index contributed by atoms with van der Waals surface area (Å²) in [5.74, 6) is 1.12. The SMILES string of the molecule is Cc1nc(N)cc(C(C)C)c1C(C)(C)C. The zero-order valence-corrected chi connectivity index (χ0v) is 10.7. The molecule has 0 spiro atoms. The predicted molar refractivity (Wildman–Crippen MR) is 66.2 cm³/mol. The Hall–Kier alpha value is -1.05. The second kappa shape index (κ2) is 3.84. The van der Waals surface area contributed by atoms with Crippen molar-refractivity contribution in [3.8, 4) is 0 Å². The third-order valence-electron chi connectivity index (χ3n) is 2.62. The van der Waals surface area contributed by atoms with E-state index in [4.69, 9.17) is 5.73 Å². The average molecular weight is 206 g/mol. The minimum Gasteiger partial charge on any atom is -0.384 e. The second-order valence-electron chi connectivity index (χ2n) is 5.50. The minimum atomic E-state index is 0.129. The summed E-state index contributed by atoms with van der Waals surface area (Å²) in [5.41, 5.74) is 9.65. The minimum absolute atomic E-state index is 0.129. The molecule has 0 saturated heterocycles. The number of pyridine rings is 1. The van der Waals surface area contributed by atoms with Gasteiger partial charge >= 0.3 is 0 Å². The standard InChI is InChI=1S/C13H22N2/c1-8(2)10-7-11(14)15-9(3)12(10)13(4,5)6/h7-8H,1-6H3,(H2,14,15). The first-order valence-corrected chi connectivity index (χ1v) is 5.51. The van der Waals surface area contributed by atoms with E-state index in [0.717, 1.165) is 5.69 Å². The Morgan fingerprint density at radius 2 is 1.80 bits per heavy atom. The van der Waals surface area contributed by atoms with Gasteiger partial charge in [-0.15, -0.1) is 0 Å². The van der Waals surface area contributed by atoms with Gasteiger partial charge in [0.05, 0.1) is 0 Å². The summed E-state index contributed by atoms with van der Waals surface area (Å²) in [5, 5.41) is 0. The van der Waals surface area contributed by atoms with Crippen LogP contribution in [0.3, 0.4) is 0 Å². The second-order valence-corrected chi connectivity index (χ2v) is 5.50. The lowest BCUT2D eigenvalue weighted by Gasteiger charge is -2.26. The molecule has 0 amide bonds. The van der Waals surface area contributed by atoms with E-state index >= 15 is 0 Å². The lowest BCUT2D eigenvalue weighted by Crippen LogP contribution is -2.18. The molecule has 0 aliphatic rings. The highest BCUT2D eigenvalue weighted by Crippen LogP contribution is 2.33. The van der Waals surface area contributed by atoms with Gasteiger partial charge in [-0.1, -0.05) is 34.6 Å². The van der Waals surface area contributed by atoms with Crippen LogP contribution < -0.4 is 5.73 Å². The number of aryl methyl sites for hydroxylation is 1. The van der Waals surface area contributed by atoms with Crippen molar-refractivity contribution in [1.82, 2.24) is 4.98 Å². The topological polar surface area (TPSA) is 38.9 Å². The molecule has 1 heterocycles. The van der Waals surface area contributed by atoms with E-state index in [1.54, 1.807) is 0 Å². The van der Waals surface area contributed by atoms with Crippen LogP contribution in [0.4, 0.5) is 5.82 Å². The number of rotatable bonds is 1. The molecule has 0 bridgehead atoms. The predicted octanol–water partition coefficient (Wildman–Crippen LogP) is 3.39. The van der Waals surface area contributed by atoms with Gasteiger partial charge in [0.1, 0.15) is 5.82 Å². The number of anilines is 1. The van der Waals surface area contributed by atoms with Crippen LogP contribution in [0.2, 0.25) is 0 Å². The maximum absolute atomic E-state index is 5.80. The molecule has 84 valence electrons. The van der Waals surface area contributed by atoms with Gasteiger partial charge in [0, 0.05) is 5.69 Å². The van der Waals surface area contributed by atoms with Crippen LogP contribution in [0, 0.1) is 6.92 Å². The molecule has 2 N–H and O–H groups in total. The monoisotopic (exact) mass is 206 g/mol. The Morgan fingerprint density at radius 1 is 1.27 bits per heavy atom. The van der Waals surface area contributed by atoms with Crippen LogP contribution in [-0.2, 0) is 5.41 Å². The summed E-state index contributed by atoms with van der Waals surface area (Å²) in [6.45, 7) is 13.1. The Labute approximate surface area is 92.9 Å². The van der Waals surface area contributed by atoms with Crippen LogP contribution in [0.1, 0.15) is 57.4 Å². The number of nitrogen functional groups attached to an aromatic ring is 1. The molecule has 15 heavy (non-hydrogen) atoms. The highest BCUT2D eigenvalue weighted by molar-refractivity contribution is 5.45. The van der Waals surface area contributed by atoms with Gasteiger partial charge in [0.25, 0.3) is 0 Å². The Bertz CT molecular complexity index is 360. The summed E-state index contributed by atoms with van der Waals surface area (Å²) in [4.78, 5) is 4.36.